The highest BCUT2D eigenvalue weighted by atomic mass is 19.1. The maximum Gasteiger partial charge on any atom is 0.123 e. The van der Waals surface area contributed by atoms with Crippen molar-refractivity contribution in [3.63, 3.8) is 0 Å². The largest absolute Gasteiger partial charge is 0.350 e. The van der Waals surface area contributed by atoms with Crippen LogP contribution in [0.15, 0.2) is 66.9 Å². The van der Waals surface area contributed by atoms with E-state index in [4.69, 9.17) is 0 Å². The Morgan fingerprint density at radius 1 is 0.880 bits per heavy atom. The van der Waals surface area contributed by atoms with E-state index in [0.29, 0.717) is 6.54 Å². The zero-order chi connectivity index (χ0) is 17.2. The number of benzene rings is 2. The van der Waals surface area contributed by atoms with Crippen molar-refractivity contribution >= 4 is 0 Å². The summed E-state index contributed by atoms with van der Waals surface area (Å²) < 4.78 is 29.3. The first-order valence-electron chi connectivity index (χ1n) is 8.60. The number of aryl methyl sites for hydroxylation is 1. The highest BCUT2D eigenvalue weighted by Crippen LogP contribution is 2.33. The number of rotatable bonds is 3. The molecule has 0 radical (unpaired) electrons. The monoisotopic (exact) mass is 338 g/mol. The molecule has 2 aromatic carbocycles. The second-order valence-electron chi connectivity index (χ2n) is 6.53. The van der Waals surface area contributed by atoms with Crippen molar-refractivity contribution in [2.45, 2.75) is 25.6 Å². The van der Waals surface area contributed by atoms with Gasteiger partial charge in [-0.3, -0.25) is 4.90 Å². The topological polar surface area (TPSA) is 8.17 Å². The van der Waals surface area contributed by atoms with Crippen LogP contribution >= 0.6 is 0 Å². The minimum Gasteiger partial charge on any atom is -0.350 e. The van der Waals surface area contributed by atoms with E-state index in [-0.39, 0.29) is 17.7 Å². The highest BCUT2D eigenvalue weighted by molar-refractivity contribution is 5.30. The molecule has 0 amide bonds. The molecule has 0 N–H and O–H groups in total. The second-order valence-corrected chi connectivity index (χ2v) is 6.53. The summed E-state index contributed by atoms with van der Waals surface area (Å²) in [5.41, 5.74) is 3.20. The van der Waals surface area contributed by atoms with Gasteiger partial charge in [0.1, 0.15) is 11.6 Å². The molecule has 0 unspecified atom stereocenters. The van der Waals surface area contributed by atoms with Gasteiger partial charge in [-0.15, -0.1) is 0 Å². The van der Waals surface area contributed by atoms with E-state index < -0.39 is 0 Å². The minimum absolute atomic E-state index is 0.0290. The molecule has 0 spiro atoms. The van der Waals surface area contributed by atoms with Crippen LogP contribution in [0.1, 0.15) is 29.3 Å². The molecule has 0 bridgehead atoms. The van der Waals surface area contributed by atoms with Gasteiger partial charge in [0.15, 0.2) is 0 Å². The fourth-order valence-electron chi connectivity index (χ4n) is 3.71. The van der Waals surface area contributed by atoms with Crippen molar-refractivity contribution in [2.24, 2.45) is 0 Å². The van der Waals surface area contributed by atoms with Gasteiger partial charge in [-0.2, -0.15) is 0 Å². The van der Waals surface area contributed by atoms with Crippen molar-refractivity contribution in [1.29, 1.82) is 0 Å². The molecular formula is C21H20F2N2. The normalized spacial score (nSPS) is 17.9. The predicted molar refractivity (Wildman–Crippen MR) is 94.1 cm³/mol. The van der Waals surface area contributed by atoms with Crippen LogP contribution in [-0.4, -0.2) is 16.0 Å². The van der Waals surface area contributed by atoms with Crippen molar-refractivity contribution in [3.05, 3.63) is 95.3 Å². The zero-order valence-corrected chi connectivity index (χ0v) is 13.9. The number of hydrogen-bond acceptors (Lipinski definition) is 1. The first-order chi connectivity index (χ1) is 12.2. The summed E-state index contributed by atoms with van der Waals surface area (Å²) in [5, 5.41) is 0. The van der Waals surface area contributed by atoms with Crippen LogP contribution in [0.3, 0.4) is 0 Å². The lowest BCUT2D eigenvalue weighted by atomic mass is 10.0. The van der Waals surface area contributed by atoms with Crippen LogP contribution in [0.5, 0.6) is 0 Å². The average molecular weight is 338 g/mol. The van der Waals surface area contributed by atoms with E-state index in [1.165, 1.54) is 23.9 Å². The van der Waals surface area contributed by atoms with Gasteiger partial charge in [0.05, 0.1) is 6.04 Å². The Bertz CT molecular complexity index is 854. The lowest BCUT2D eigenvalue weighted by molar-refractivity contribution is 0.220. The molecule has 4 rings (SSSR count). The fraction of sp³-hybridized carbons (Fsp3) is 0.238. The SMILES string of the molecule is Fc1ccc([C@@H]2c3cccn3CCCN2Cc2cccc(F)c2)cc1. The van der Waals surface area contributed by atoms with Crippen LogP contribution < -0.4 is 0 Å². The molecule has 3 aromatic rings. The standard InChI is InChI=1S/C21H20F2N2/c22-18-9-7-17(8-10-18)21-20-6-2-11-24(20)12-3-13-25(21)15-16-4-1-5-19(23)14-16/h1-2,4-11,14,21H,3,12-13,15H2/t21-/m1/s1. The lowest BCUT2D eigenvalue weighted by Crippen LogP contribution is -2.29. The summed E-state index contributed by atoms with van der Waals surface area (Å²) in [4.78, 5) is 2.35. The zero-order valence-electron chi connectivity index (χ0n) is 13.9. The molecule has 1 aromatic heterocycles. The Kier molecular flexibility index (Phi) is 4.36. The van der Waals surface area contributed by atoms with Crippen molar-refractivity contribution in [1.82, 2.24) is 9.47 Å². The van der Waals surface area contributed by atoms with Gasteiger partial charge in [0.25, 0.3) is 0 Å². The Morgan fingerprint density at radius 2 is 1.72 bits per heavy atom. The Morgan fingerprint density at radius 3 is 2.52 bits per heavy atom. The molecule has 1 atom stereocenters. The quantitative estimate of drug-likeness (QED) is 0.668. The smallest absolute Gasteiger partial charge is 0.123 e. The van der Waals surface area contributed by atoms with Crippen molar-refractivity contribution in [2.75, 3.05) is 6.54 Å². The van der Waals surface area contributed by atoms with Gasteiger partial charge in [0.2, 0.25) is 0 Å². The second kappa shape index (κ2) is 6.81. The Balaban J connectivity index is 1.73. The average Bonchev–Trinajstić information content (AvgIpc) is 2.98. The summed E-state index contributed by atoms with van der Waals surface area (Å²) >= 11 is 0. The summed E-state index contributed by atoms with van der Waals surface area (Å²) in [6.45, 7) is 2.52. The number of hydrogen-bond donors (Lipinski definition) is 0. The summed E-state index contributed by atoms with van der Waals surface area (Å²) in [6.07, 6.45) is 3.12. The molecule has 0 fully saturated rings. The first-order valence-corrected chi connectivity index (χ1v) is 8.60. The molecule has 0 saturated carbocycles. The van der Waals surface area contributed by atoms with Crippen LogP contribution in [0.4, 0.5) is 8.78 Å². The van der Waals surface area contributed by atoms with E-state index in [1.54, 1.807) is 12.1 Å². The third-order valence-electron chi connectivity index (χ3n) is 4.81. The van der Waals surface area contributed by atoms with Crippen LogP contribution in [-0.2, 0) is 13.1 Å². The van der Waals surface area contributed by atoms with Gasteiger partial charge in [-0.05, 0) is 53.9 Å². The molecule has 0 saturated heterocycles. The lowest BCUT2D eigenvalue weighted by Gasteiger charge is -2.30. The molecule has 0 aliphatic carbocycles. The third-order valence-corrected chi connectivity index (χ3v) is 4.81. The fourth-order valence-corrected chi connectivity index (χ4v) is 3.71. The summed E-state index contributed by atoms with van der Waals surface area (Å²) in [7, 11) is 0. The maximum atomic E-state index is 13.6. The van der Waals surface area contributed by atoms with Gasteiger partial charge >= 0.3 is 0 Å². The number of halogens is 2. The third kappa shape index (κ3) is 3.35. The summed E-state index contributed by atoms with van der Waals surface area (Å²) in [5.74, 6) is -0.446. The van der Waals surface area contributed by atoms with Gasteiger partial charge in [-0.25, -0.2) is 8.78 Å². The van der Waals surface area contributed by atoms with Gasteiger partial charge < -0.3 is 4.57 Å². The molecule has 1 aliphatic rings. The molecule has 2 nitrogen and oxygen atoms in total. The number of fused-ring (bicyclic) bond motifs is 1. The number of nitrogens with zero attached hydrogens (tertiary/aromatic N) is 2. The minimum atomic E-state index is -0.232. The Hall–Kier alpha value is -2.46. The van der Waals surface area contributed by atoms with Crippen LogP contribution in [0, 0.1) is 11.6 Å². The summed E-state index contributed by atoms with van der Waals surface area (Å²) in [6, 6.07) is 17.7. The van der Waals surface area contributed by atoms with Crippen molar-refractivity contribution < 1.29 is 8.78 Å². The number of aromatic nitrogens is 1. The van der Waals surface area contributed by atoms with E-state index in [1.807, 2.05) is 18.2 Å². The molecular weight excluding hydrogens is 318 g/mol. The van der Waals surface area contributed by atoms with E-state index >= 15 is 0 Å². The van der Waals surface area contributed by atoms with Gasteiger partial charge in [-0.1, -0.05) is 24.3 Å². The highest BCUT2D eigenvalue weighted by Gasteiger charge is 2.27. The molecule has 128 valence electrons. The predicted octanol–water partition coefficient (Wildman–Crippen LogP) is 4.76. The first kappa shape index (κ1) is 16.0. The maximum absolute atomic E-state index is 13.6. The van der Waals surface area contributed by atoms with E-state index in [0.717, 1.165) is 30.6 Å². The van der Waals surface area contributed by atoms with E-state index in [2.05, 4.69) is 27.8 Å². The molecule has 4 heteroatoms. The Labute approximate surface area is 146 Å². The van der Waals surface area contributed by atoms with E-state index in [9.17, 15) is 8.78 Å². The van der Waals surface area contributed by atoms with Gasteiger partial charge in [0, 0.05) is 31.5 Å². The molecule has 1 aliphatic heterocycles. The molecule has 25 heavy (non-hydrogen) atoms. The molecule has 2 heterocycles. The van der Waals surface area contributed by atoms with Crippen molar-refractivity contribution in [3.8, 4) is 0 Å². The van der Waals surface area contributed by atoms with Crippen LogP contribution in [0.2, 0.25) is 0 Å². The van der Waals surface area contributed by atoms with Crippen LogP contribution in [0.25, 0.3) is 0 Å².